The van der Waals surface area contributed by atoms with Crippen molar-refractivity contribution < 1.29 is 28.5 Å². The van der Waals surface area contributed by atoms with Crippen LogP contribution >= 0.6 is 0 Å². The molecule has 0 saturated carbocycles. The van der Waals surface area contributed by atoms with Crippen molar-refractivity contribution in [2.75, 3.05) is 13.4 Å². The highest BCUT2D eigenvalue weighted by Crippen LogP contribution is 2.36. The molecule has 0 spiro atoms. The van der Waals surface area contributed by atoms with Crippen LogP contribution in [0.25, 0.3) is 0 Å². The molecule has 6 nitrogen and oxygen atoms in total. The van der Waals surface area contributed by atoms with Gasteiger partial charge in [-0.15, -0.1) is 5.73 Å². The predicted molar refractivity (Wildman–Crippen MR) is 76.4 cm³/mol. The van der Waals surface area contributed by atoms with Gasteiger partial charge >= 0.3 is 11.9 Å². The summed E-state index contributed by atoms with van der Waals surface area (Å²) in [6.45, 7) is 6.24. The van der Waals surface area contributed by atoms with E-state index in [9.17, 15) is 9.59 Å². The molecule has 0 radical (unpaired) electrons. The smallest absolute Gasteiger partial charge is 0.303 e. The standard InChI is InChI=1S/C16H16O6/c1-4-12(8-19-10(2)17)16(22-11(3)18)13-5-6-14-15(7-13)21-9-20-14/h5-7,16H,1,8-9H2,2-3H3. The van der Waals surface area contributed by atoms with Gasteiger partial charge in [-0.25, -0.2) is 0 Å². The SMILES string of the molecule is C=C=C(COC(C)=O)C(OC(C)=O)c1ccc2c(c1)OCO2. The zero-order valence-corrected chi connectivity index (χ0v) is 12.4. The number of hydrogen-bond acceptors (Lipinski definition) is 6. The molecule has 1 aliphatic rings. The molecule has 1 unspecified atom stereocenters. The first-order valence-electron chi connectivity index (χ1n) is 6.60. The molecule has 1 aromatic carbocycles. The molecule has 116 valence electrons. The Hall–Kier alpha value is -2.72. The number of carbonyl (C=O) groups is 2. The van der Waals surface area contributed by atoms with E-state index in [-0.39, 0.29) is 13.4 Å². The first-order chi connectivity index (χ1) is 10.5. The highest BCUT2D eigenvalue weighted by atomic mass is 16.7. The topological polar surface area (TPSA) is 71.1 Å². The van der Waals surface area contributed by atoms with Crippen LogP contribution in [0.15, 0.2) is 36.1 Å². The Morgan fingerprint density at radius 3 is 2.64 bits per heavy atom. The fourth-order valence-corrected chi connectivity index (χ4v) is 1.98. The Kier molecular flexibility index (Phi) is 4.86. The molecule has 22 heavy (non-hydrogen) atoms. The van der Waals surface area contributed by atoms with Crippen LogP contribution in [-0.4, -0.2) is 25.3 Å². The maximum absolute atomic E-state index is 11.4. The number of carbonyl (C=O) groups excluding carboxylic acids is 2. The van der Waals surface area contributed by atoms with Crippen molar-refractivity contribution in [1.82, 2.24) is 0 Å². The fourth-order valence-electron chi connectivity index (χ4n) is 1.98. The molecule has 0 saturated heterocycles. The van der Waals surface area contributed by atoms with Crippen molar-refractivity contribution in [2.45, 2.75) is 20.0 Å². The molecule has 0 aromatic heterocycles. The molecule has 0 bridgehead atoms. The molecule has 0 N–H and O–H groups in total. The van der Waals surface area contributed by atoms with E-state index in [0.717, 1.165) is 0 Å². The van der Waals surface area contributed by atoms with Crippen LogP contribution in [0, 0.1) is 0 Å². The Balaban J connectivity index is 2.30. The van der Waals surface area contributed by atoms with Crippen LogP contribution in [0.4, 0.5) is 0 Å². The van der Waals surface area contributed by atoms with Crippen molar-refractivity contribution in [3.8, 4) is 11.5 Å². The highest BCUT2D eigenvalue weighted by Gasteiger charge is 2.24. The third kappa shape index (κ3) is 3.68. The minimum atomic E-state index is -0.760. The fraction of sp³-hybridized carbons (Fsp3) is 0.312. The average molecular weight is 304 g/mol. The summed E-state index contributed by atoms with van der Waals surface area (Å²) in [6.07, 6.45) is -0.760. The van der Waals surface area contributed by atoms with E-state index < -0.39 is 18.0 Å². The van der Waals surface area contributed by atoms with Crippen molar-refractivity contribution in [1.29, 1.82) is 0 Å². The lowest BCUT2D eigenvalue weighted by molar-refractivity contribution is -0.145. The van der Waals surface area contributed by atoms with E-state index in [1.807, 2.05) is 0 Å². The lowest BCUT2D eigenvalue weighted by atomic mass is 10.0. The Labute approximate surface area is 127 Å². The van der Waals surface area contributed by atoms with E-state index in [4.69, 9.17) is 18.9 Å². The summed E-state index contributed by atoms with van der Waals surface area (Å²) >= 11 is 0. The normalized spacial score (nSPS) is 13.0. The number of rotatable bonds is 5. The molecule has 0 amide bonds. The lowest BCUT2D eigenvalue weighted by Gasteiger charge is -2.19. The maximum atomic E-state index is 11.4. The van der Waals surface area contributed by atoms with Gasteiger partial charge in [0, 0.05) is 19.4 Å². The van der Waals surface area contributed by atoms with Gasteiger partial charge < -0.3 is 18.9 Å². The molecule has 1 atom stereocenters. The summed E-state index contributed by atoms with van der Waals surface area (Å²) in [7, 11) is 0. The molecule has 1 aliphatic heterocycles. The van der Waals surface area contributed by atoms with Gasteiger partial charge in [-0.05, 0) is 12.1 Å². The van der Waals surface area contributed by atoms with Crippen molar-refractivity contribution in [3.05, 3.63) is 41.6 Å². The van der Waals surface area contributed by atoms with Gasteiger partial charge in [0.25, 0.3) is 0 Å². The van der Waals surface area contributed by atoms with E-state index >= 15 is 0 Å². The Morgan fingerprint density at radius 1 is 1.27 bits per heavy atom. The van der Waals surface area contributed by atoms with Crippen molar-refractivity contribution in [2.24, 2.45) is 0 Å². The van der Waals surface area contributed by atoms with E-state index in [1.54, 1.807) is 18.2 Å². The third-order valence-corrected chi connectivity index (χ3v) is 2.96. The first-order valence-corrected chi connectivity index (χ1v) is 6.60. The van der Waals surface area contributed by atoms with Crippen LogP contribution in [0.1, 0.15) is 25.5 Å². The predicted octanol–water partition coefficient (Wildman–Crippen LogP) is 2.29. The Morgan fingerprint density at radius 2 is 2.00 bits per heavy atom. The molecule has 1 heterocycles. The first kappa shape index (κ1) is 15.7. The summed E-state index contributed by atoms with van der Waals surface area (Å²) < 4.78 is 20.8. The van der Waals surface area contributed by atoms with Gasteiger partial charge in [0.1, 0.15) is 6.61 Å². The van der Waals surface area contributed by atoms with Crippen LogP contribution in [-0.2, 0) is 19.1 Å². The van der Waals surface area contributed by atoms with Crippen molar-refractivity contribution in [3.63, 3.8) is 0 Å². The molecule has 6 heteroatoms. The average Bonchev–Trinajstić information content (AvgIpc) is 2.93. The van der Waals surface area contributed by atoms with Gasteiger partial charge in [-0.1, -0.05) is 12.6 Å². The summed E-state index contributed by atoms with van der Waals surface area (Å²) in [4.78, 5) is 22.3. The largest absolute Gasteiger partial charge is 0.461 e. The van der Waals surface area contributed by atoms with E-state index in [2.05, 4.69) is 12.3 Å². The van der Waals surface area contributed by atoms with Crippen LogP contribution in [0.5, 0.6) is 11.5 Å². The minimum absolute atomic E-state index is 0.0643. The van der Waals surface area contributed by atoms with Gasteiger partial charge in [0.2, 0.25) is 6.79 Å². The molecule has 2 rings (SSSR count). The number of fused-ring (bicyclic) bond motifs is 1. The molecular weight excluding hydrogens is 288 g/mol. The number of benzene rings is 1. The second-order valence-electron chi connectivity index (χ2n) is 4.58. The second-order valence-corrected chi connectivity index (χ2v) is 4.58. The van der Waals surface area contributed by atoms with Crippen LogP contribution in [0.2, 0.25) is 0 Å². The third-order valence-electron chi connectivity index (χ3n) is 2.96. The quantitative estimate of drug-likeness (QED) is 0.614. The monoisotopic (exact) mass is 304 g/mol. The molecular formula is C16H16O6. The highest BCUT2D eigenvalue weighted by molar-refractivity contribution is 5.67. The molecule has 1 aromatic rings. The summed E-state index contributed by atoms with van der Waals surface area (Å²) in [5, 5.41) is 0. The van der Waals surface area contributed by atoms with Crippen LogP contribution in [0.3, 0.4) is 0 Å². The minimum Gasteiger partial charge on any atom is -0.461 e. The van der Waals surface area contributed by atoms with E-state index in [1.165, 1.54) is 13.8 Å². The summed E-state index contributed by atoms with van der Waals surface area (Å²) in [6, 6.07) is 5.17. The zero-order chi connectivity index (χ0) is 16.1. The number of ether oxygens (including phenoxy) is 4. The second kappa shape index (κ2) is 6.83. The van der Waals surface area contributed by atoms with Gasteiger partial charge in [-0.3, -0.25) is 9.59 Å². The van der Waals surface area contributed by atoms with Crippen molar-refractivity contribution >= 4 is 11.9 Å². The summed E-state index contributed by atoms with van der Waals surface area (Å²) in [5.74, 6) is 0.262. The molecule has 0 aliphatic carbocycles. The van der Waals surface area contributed by atoms with E-state index in [0.29, 0.717) is 22.6 Å². The number of hydrogen-bond donors (Lipinski definition) is 0. The zero-order valence-electron chi connectivity index (χ0n) is 12.4. The van der Waals surface area contributed by atoms with Gasteiger partial charge in [0.05, 0.1) is 5.57 Å². The summed E-state index contributed by atoms with van der Waals surface area (Å²) in [5.41, 5.74) is 3.75. The van der Waals surface area contributed by atoms with Gasteiger partial charge in [-0.2, -0.15) is 0 Å². The van der Waals surface area contributed by atoms with Crippen LogP contribution < -0.4 is 9.47 Å². The molecule has 0 fully saturated rings. The van der Waals surface area contributed by atoms with Gasteiger partial charge in [0.15, 0.2) is 17.6 Å². The lowest BCUT2D eigenvalue weighted by Crippen LogP contribution is -2.15. The Bertz CT molecular complexity index is 642. The number of esters is 2. The maximum Gasteiger partial charge on any atom is 0.303 e.